The van der Waals surface area contributed by atoms with Crippen LogP contribution in [-0.2, 0) is 4.12 Å². The summed E-state index contributed by atoms with van der Waals surface area (Å²) in [5.41, 5.74) is 0. The second-order valence-electron chi connectivity index (χ2n) is 5.77. The van der Waals surface area contributed by atoms with Crippen molar-refractivity contribution in [2.24, 2.45) is 0 Å². The van der Waals surface area contributed by atoms with Crippen molar-refractivity contribution in [2.45, 2.75) is 90.1 Å². The third kappa shape index (κ3) is 5.96. The lowest BCUT2D eigenvalue weighted by molar-refractivity contribution is 0.502. The maximum absolute atomic E-state index is 7.00. The minimum absolute atomic E-state index is 1.16. The van der Waals surface area contributed by atoms with Crippen molar-refractivity contribution >= 4 is 16.6 Å². The molecular weight excluding hydrogens is 264 g/mol. The second kappa shape index (κ2) is 9.95. The first kappa shape index (κ1) is 19.1. The van der Waals surface area contributed by atoms with Crippen molar-refractivity contribution in [1.29, 1.82) is 0 Å². The second-order valence-corrected chi connectivity index (χ2v) is 15.4. The van der Waals surface area contributed by atoms with E-state index < -0.39 is 16.6 Å². The van der Waals surface area contributed by atoms with E-state index in [4.69, 9.17) is 4.12 Å². The third-order valence-electron chi connectivity index (χ3n) is 4.95. The van der Waals surface area contributed by atoms with Gasteiger partial charge in [0.25, 0.3) is 0 Å². The Hall–Kier alpha value is 0.134. The highest BCUT2D eigenvalue weighted by molar-refractivity contribution is 6.87. The van der Waals surface area contributed by atoms with Crippen molar-refractivity contribution in [3.63, 3.8) is 0 Å². The molecule has 0 saturated carbocycles. The van der Waals surface area contributed by atoms with E-state index in [1.165, 1.54) is 49.1 Å². The quantitative estimate of drug-likeness (QED) is 0.232. The van der Waals surface area contributed by atoms with E-state index >= 15 is 0 Å². The summed E-state index contributed by atoms with van der Waals surface area (Å²) in [6, 6.07) is 7.84. The molecule has 0 unspecified atom stereocenters. The van der Waals surface area contributed by atoms with E-state index in [0.717, 1.165) is 6.42 Å². The van der Waals surface area contributed by atoms with Crippen LogP contribution in [-0.4, -0.2) is 16.6 Å². The number of rotatable bonds is 12. The number of hydrogen-bond acceptors (Lipinski definition) is 1. The lowest BCUT2D eigenvalue weighted by atomic mass is 10.2. The molecule has 0 aliphatic carbocycles. The highest BCUT2D eigenvalue weighted by Crippen LogP contribution is 2.33. The van der Waals surface area contributed by atoms with Gasteiger partial charge >= 0.3 is 0 Å². The number of unbranched alkanes of at least 4 members (excludes halogenated alkanes) is 2. The fourth-order valence-electron chi connectivity index (χ4n) is 2.96. The van der Waals surface area contributed by atoms with Crippen molar-refractivity contribution in [3.8, 4) is 0 Å². The lowest BCUT2D eigenvalue weighted by Gasteiger charge is -2.41. The molecule has 1 nitrogen and oxygen atoms in total. The minimum atomic E-state index is -1.46. The van der Waals surface area contributed by atoms with E-state index in [1.54, 1.807) is 0 Å². The van der Waals surface area contributed by atoms with Gasteiger partial charge in [0.05, 0.1) is 0 Å². The molecule has 0 heterocycles. The van der Waals surface area contributed by atoms with Gasteiger partial charge in [-0.1, -0.05) is 53.5 Å². The standard InChI is InChI=1S/C16H36OSi2/c1-7-13-14-15-16-19(11-5,12-6)17-18(8-2,9-3)10-4/h7H,1,8-16H2,2-6H3. The number of hydrogen-bond donors (Lipinski definition) is 0. The molecule has 0 bridgehead atoms. The Morgan fingerprint density at radius 1 is 0.789 bits per heavy atom. The van der Waals surface area contributed by atoms with Gasteiger partial charge in [-0.15, -0.1) is 6.58 Å². The molecule has 0 atom stereocenters. The van der Waals surface area contributed by atoms with Gasteiger partial charge in [0.1, 0.15) is 0 Å². The minimum Gasteiger partial charge on any atom is -0.455 e. The molecule has 0 aliphatic heterocycles. The normalized spacial score (nSPS) is 12.7. The molecule has 0 amide bonds. The molecule has 3 heteroatoms. The highest BCUT2D eigenvalue weighted by atomic mass is 28.4. The maximum Gasteiger partial charge on any atom is 0.179 e. The first-order chi connectivity index (χ1) is 9.07. The summed E-state index contributed by atoms with van der Waals surface area (Å²) >= 11 is 0. The van der Waals surface area contributed by atoms with E-state index in [2.05, 4.69) is 41.2 Å². The van der Waals surface area contributed by atoms with Crippen LogP contribution in [0.3, 0.4) is 0 Å². The van der Waals surface area contributed by atoms with Crippen molar-refractivity contribution in [1.82, 2.24) is 0 Å². The molecule has 0 fully saturated rings. The summed E-state index contributed by atoms with van der Waals surface area (Å²) < 4.78 is 7.00. The summed E-state index contributed by atoms with van der Waals surface area (Å²) in [7, 11) is -2.89. The van der Waals surface area contributed by atoms with Gasteiger partial charge in [-0.05, 0) is 42.7 Å². The molecule has 0 aliphatic rings. The van der Waals surface area contributed by atoms with Gasteiger partial charge in [0, 0.05) is 0 Å². The van der Waals surface area contributed by atoms with E-state index in [1.807, 2.05) is 6.08 Å². The molecule has 0 radical (unpaired) electrons. The molecule has 0 N–H and O–H groups in total. The topological polar surface area (TPSA) is 9.23 Å². The maximum atomic E-state index is 7.00. The van der Waals surface area contributed by atoms with Crippen LogP contribution < -0.4 is 0 Å². The Balaban J connectivity index is 4.71. The third-order valence-corrected chi connectivity index (χ3v) is 16.1. The summed E-state index contributed by atoms with van der Waals surface area (Å²) in [6.45, 7) is 15.6. The first-order valence-electron chi connectivity index (χ1n) is 8.38. The van der Waals surface area contributed by atoms with Crippen LogP contribution in [0.5, 0.6) is 0 Å². The monoisotopic (exact) mass is 300 g/mol. The van der Waals surface area contributed by atoms with Gasteiger partial charge in [0.2, 0.25) is 0 Å². The Labute approximate surface area is 124 Å². The van der Waals surface area contributed by atoms with Crippen LogP contribution in [0.15, 0.2) is 12.7 Å². The Morgan fingerprint density at radius 3 is 1.63 bits per heavy atom. The van der Waals surface area contributed by atoms with Gasteiger partial charge in [-0.2, -0.15) is 0 Å². The molecule has 0 spiro atoms. The average Bonchev–Trinajstić information content (AvgIpc) is 2.48. The van der Waals surface area contributed by atoms with Gasteiger partial charge in [-0.25, -0.2) is 0 Å². The SMILES string of the molecule is C=CCCCC[Si](CC)(CC)O[Si](CC)(CC)CC. The molecule has 19 heavy (non-hydrogen) atoms. The van der Waals surface area contributed by atoms with Gasteiger partial charge < -0.3 is 4.12 Å². The zero-order valence-electron chi connectivity index (χ0n) is 14.1. The Kier molecular flexibility index (Phi) is 10.0. The van der Waals surface area contributed by atoms with E-state index in [0.29, 0.717) is 0 Å². The summed E-state index contributed by atoms with van der Waals surface area (Å²) in [6.07, 6.45) is 5.84. The fourth-order valence-corrected chi connectivity index (χ4v) is 13.5. The molecule has 0 aromatic rings. The Bertz CT molecular complexity index is 225. The molecule has 0 aromatic carbocycles. The Morgan fingerprint density at radius 2 is 1.26 bits per heavy atom. The number of allylic oxidation sites excluding steroid dienone is 1. The van der Waals surface area contributed by atoms with E-state index in [-0.39, 0.29) is 0 Å². The first-order valence-corrected chi connectivity index (χ1v) is 13.4. The molecule has 0 rings (SSSR count). The van der Waals surface area contributed by atoms with Crippen LogP contribution in [0, 0.1) is 0 Å². The van der Waals surface area contributed by atoms with Gasteiger partial charge in [0.15, 0.2) is 16.6 Å². The summed E-state index contributed by atoms with van der Waals surface area (Å²) in [4.78, 5) is 0. The summed E-state index contributed by atoms with van der Waals surface area (Å²) in [5, 5.41) is 0. The average molecular weight is 301 g/mol. The van der Waals surface area contributed by atoms with Gasteiger partial charge in [-0.3, -0.25) is 0 Å². The largest absolute Gasteiger partial charge is 0.455 e. The highest BCUT2D eigenvalue weighted by Gasteiger charge is 2.40. The van der Waals surface area contributed by atoms with Crippen LogP contribution >= 0.6 is 0 Å². The molecular formula is C16H36OSi2. The van der Waals surface area contributed by atoms with Crippen molar-refractivity contribution < 1.29 is 4.12 Å². The van der Waals surface area contributed by atoms with Crippen LogP contribution in [0.25, 0.3) is 0 Å². The predicted octanol–water partition coefficient (Wildman–Crippen LogP) is 6.35. The van der Waals surface area contributed by atoms with Crippen LogP contribution in [0.1, 0.15) is 53.9 Å². The fraction of sp³-hybridized carbons (Fsp3) is 0.875. The molecule has 114 valence electrons. The molecule has 0 saturated heterocycles. The predicted molar refractivity (Wildman–Crippen MR) is 93.9 cm³/mol. The van der Waals surface area contributed by atoms with E-state index in [9.17, 15) is 0 Å². The zero-order chi connectivity index (χ0) is 14.8. The van der Waals surface area contributed by atoms with Crippen molar-refractivity contribution in [3.05, 3.63) is 12.7 Å². The molecule has 0 aromatic heterocycles. The summed E-state index contributed by atoms with van der Waals surface area (Å²) in [5.74, 6) is 0. The zero-order valence-corrected chi connectivity index (χ0v) is 16.1. The lowest BCUT2D eigenvalue weighted by Crippen LogP contribution is -2.50. The van der Waals surface area contributed by atoms with Crippen LogP contribution in [0.2, 0.25) is 36.3 Å². The smallest absolute Gasteiger partial charge is 0.179 e. The van der Waals surface area contributed by atoms with Crippen LogP contribution in [0.4, 0.5) is 0 Å². The van der Waals surface area contributed by atoms with Crippen molar-refractivity contribution in [2.75, 3.05) is 0 Å².